The van der Waals surface area contributed by atoms with Crippen molar-refractivity contribution in [2.24, 2.45) is 0 Å². The van der Waals surface area contributed by atoms with Crippen LogP contribution in [0.25, 0.3) is 5.83 Å². The molecule has 0 aromatic heterocycles. The molecule has 0 heterocycles. The Balaban J connectivity index is 1.86. The molecule has 0 amide bonds. The third-order valence-corrected chi connectivity index (χ3v) is 4.80. The number of unbranched alkanes of at least 4 members (excludes halogenated alkanes) is 1. The van der Waals surface area contributed by atoms with Crippen molar-refractivity contribution >= 4 is 5.83 Å². The van der Waals surface area contributed by atoms with Gasteiger partial charge in [0, 0.05) is 17.5 Å². The zero-order valence-electron chi connectivity index (χ0n) is 16.6. The highest BCUT2D eigenvalue weighted by Gasteiger charge is 2.11. The monoisotopic (exact) mass is 392 g/mol. The van der Waals surface area contributed by atoms with Crippen molar-refractivity contribution in [3.63, 3.8) is 0 Å². The van der Waals surface area contributed by atoms with Gasteiger partial charge in [-0.15, -0.1) is 0 Å². The van der Waals surface area contributed by atoms with Crippen LogP contribution in [0.15, 0.2) is 42.2 Å². The maximum atomic E-state index is 14.0. The van der Waals surface area contributed by atoms with Crippen LogP contribution in [0.5, 0.6) is 0 Å². The summed E-state index contributed by atoms with van der Waals surface area (Å²) >= 11 is 0. The summed E-state index contributed by atoms with van der Waals surface area (Å²) in [5, 5.41) is 0. The lowest BCUT2D eigenvalue weighted by Gasteiger charge is -2.08. The van der Waals surface area contributed by atoms with E-state index in [0.717, 1.165) is 24.8 Å². The number of hydrogen-bond donors (Lipinski definition) is 0. The molecule has 2 aromatic carbocycles. The Bertz CT molecular complexity index is 768. The molecule has 4 heteroatoms. The quantitative estimate of drug-likeness (QED) is 0.285. The van der Waals surface area contributed by atoms with Gasteiger partial charge < -0.3 is 0 Å². The zero-order valence-corrected chi connectivity index (χ0v) is 16.6. The maximum absolute atomic E-state index is 14.0. The van der Waals surface area contributed by atoms with Crippen LogP contribution < -0.4 is 0 Å². The molecule has 0 saturated heterocycles. The molecule has 0 N–H and O–H groups in total. The first-order chi connectivity index (χ1) is 13.5. The molecule has 28 heavy (non-hydrogen) atoms. The number of benzene rings is 2. The van der Waals surface area contributed by atoms with E-state index in [0.29, 0.717) is 31.2 Å². The van der Waals surface area contributed by atoms with Crippen LogP contribution in [0.2, 0.25) is 0 Å². The van der Waals surface area contributed by atoms with Crippen LogP contribution in [0, 0.1) is 11.6 Å². The fourth-order valence-corrected chi connectivity index (χ4v) is 3.25. The van der Waals surface area contributed by atoms with Gasteiger partial charge in [-0.3, -0.25) is 0 Å². The topological polar surface area (TPSA) is 0 Å². The summed E-state index contributed by atoms with van der Waals surface area (Å²) in [6, 6.07) is 9.65. The summed E-state index contributed by atoms with van der Waals surface area (Å²) < 4.78 is 55.5. The number of allylic oxidation sites excluding steroid dienone is 1. The Morgan fingerprint density at radius 2 is 1.32 bits per heavy atom. The van der Waals surface area contributed by atoms with E-state index in [-0.39, 0.29) is 17.5 Å². The van der Waals surface area contributed by atoms with Gasteiger partial charge in [-0.1, -0.05) is 44.5 Å². The first-order valence-electron chi connectivity index (χ1n) is 10.1. The van der Waals surface area contributed by atoms with Crippen molar-refractivity contribution in [2.75, 3.05) is 0 Å². The number of aryl methyl sites for hydroxylation is 2. The molecule has 0 aliphatic rings. The standard InChI is InChI=1S/C24H28F4/c1-3-7-20-22(26)15-18(16-23(20)27)10-6-5-9-17-11-13-19(14-12-17)24(28)21(25)8-4-2/h11-16H,3-10H2,1-2H3/b24-21+. The Morgan fingerprint density at radius 1 is 0.750 bits per heavy atom. The molecule has 0 aliphatic carbocycles. The summed E-state index contributed by atoms with van der Waals surface area (Å²) in [7, 11) is 0. The van der Waals surface area contributed by atoms with Gasteiger partial charge in [0.05, 0.1) is 0 Å². The number of rotatable bonds is 10. The average molecular weight is 392 g/mol. The van der Waals surface area contributed by atoms with E-state index in [4.69, 9.17) is 0 Å². The summed E-state index contributed by atoms with van der Waals surface area (Å²) in [5.41, 5.74) is 2.13. The Hall–Kier alpha value is -2.10. The predicted molar refractivity (Wildman–Crippen MR) is 107 cm³/mol. The third-order valence-electron chi connectivity index (χ3n) is 4.80. The van der Waals surface area contributed by atoms with Crippen LogP contribution in [0.1, 0.15) is 68.2 Å². The maximum Gasteiger partial charge on any atom is 0.161 e. The lowest BCUT2D eigenvalue weighted by Crippen LogP contribution is -1.99. The first kappa shape index (κ1) is 22.2. The highest BCUT2D eigenvalue weighted by Crippen LogP contribution is 2.25. The van der Waals surface area contributed by atoms with Crippen LogP contribution in [0.3, 0.4) is 0 Å². The molecule has 0 nitrogen and oxygen atoms in total. The van der Waals surface area contributed by atoms with Crippen molar-refractivity contribution in [3.8, 4) is 0 Å². The minimum Gasteiger partial charge on any atom is -0.209 e. The summed E-state index contributed by atoms with van der Waals surface area (Å²) in [6.45, 7) is 3.70. The number of hydrogen-bond acceptors (Lipinski definition) is 0. The van der Waals surface area contributed by atoms with Gasteiger partial charge in [0.15, 0.2) is 5.83 Å². The van der Waals surface area contributed by atoms with E-state index in [1.165, 1.54) is 12.1 Å². The van der Waals surface area contributed by atoms with Gasteiger partial charge in [-0.2, -0.15) is 0 Å². The van der Waals surface area contributed by atoms with E-state index in [1.807, 2.05) is 6.92 Å². The van der Waals surface area contributed by atoms with Crippen molar-refractivity contribution in [2.45, 2.75) is 65.2 Å². The molecular weight excluding hydrogens is 364 g/mol. The Kier molecular flexibility index (Phi) is 8.75. The summed E-state index contributed by atoms with van der Waals surface area (Å²) in [4.78, 5) is 0. The predicted octanol–water partition coefficient (Wildman–Crippen LogP) is 7.89. The van der Waals surface area contributed by atoms with Crippen molar-refractivity contribution < 1.29 is 17.6 Å². The van der Waals surface area contributed by atoms with E-state index >= 15 is 0 Å². The molecule has 0 atom stereocenters. The fourth-order valence-electron chi connectivity index (χ4n) is 3.25. The van der Waals surface area contributed by atoms with Crippen molar-refractivity contribution in [1.82, 2.24) is 0 Å². The van der Waals surface area contributed by atoms with Crippen molar-refractivity contribution in [1.29, 1.82) is 0 Å². The summed E-state index contributed by atoms with van der Waals surface area (Å²) in [6.07, 6.45) is 4.82. The van der Waals surface area contributed by atoms with Gasteiger partial charge in [0.25, 0.3) is 0 Å². The van der Waals surface area contributed by atoms with Crippen LogP contribution >= 0.6 is 0 Å². The van der Waals surface area contributed by atoms with Gasteiger partial charge in [-0.25, -0.2) is 17.6 Å². The smallest absolute Gasteiger partial charge is 0.161 e. The van der Waals surface area contributed by atoms with Gasteiger partial charge >= 0.3 is 0 Å². The van der Waals surface area contributed by atoms with E-state index in [2.05, 4.69) is 0 Å². The second kappa shape index (κ2) is 11.0. The molecule has 0 bridgehead atoms. The lowest BCUT2D eigenvalue weighted by atomic mass is 10.00. The lowest BCUT2D eigenvalue weighted by molar-refractivity contribution is 0.548. The van der Waals surface area contributed by atoms with E-state index < -0.39 is 23.3 Å². The summed E-state index contributed by atoms with van der Waals surface area (Å²) in [5.74, 6) is -2.42. The molecule has 0 spiro atoms. The van der Waals surface area contributed by atoms with E-state index in [1.54, 1.807) is 31.2 Å². The Labute approximate surface area is 165 Å². The van der Waals surface area contributed by atoms with Crippen molar-refractivity contribution in [3.05, 3.63) is 76.1 Å². The molecule has 0 saturated carbocycles. The minimum atomic E-state index is -0.788. The largest absolute Gasteiger partial charge is 0.209 e. The van der Waals surface area contributed by atoms with Gasteiger partial charge in [0.2, 0.25) is 0 Å². The first-order valence-corrected chi connectivity index (χ1v) is 10.1. The van der Waals surface area contributed by atoms with Gasteiger partial charge in [0.1, 0.15) is 17.5 Å². The highest BCUT2D eigenvalue weighted by molar-refractivity contribution is 5.61. The third kappa shape index (κ3) is 6.22. The SMILES string of the molecule is CCC/C(F)=C(\F)c1ccc(CCCCc2cc(F)c(CCC)c(F)c2)cc1. The van der Waals surface area contributed by atoms with Crippen LogP contribution in [0.4, 0.5) is 17.6 Å². The normalized spacial score (nSPS) is 12.2. The molecule has 152 valence electrons. The highest BCUT2D eigenvalue weighted by atomic mass is 19.2. The molecule has 0 unspecified atom stereocenters. The minimum absolute atomic E-state index is 0.105. The molecule has 2 rings (SSSR count). The second-order valence-electron chi connectivity index (χ2n) is 7.16. The molecule has 2 aromatic rings. The molecule has 0 radical (unpaired) electrons. The number of halogens is 4. The second-order valence-corrected chi connectivity index (χ2v) is 7.16. The molecule has 0 aliphatic heterocycles. The average Bonchev–Trinajstić information content (AvgIpc) is 2.68. The van der Waals surface area contributed by atoms with Crippen LogP contribution in [-0.4, -0.2) is 0 Å². The Morgan fingerprint density at radius 3 is 1.86 bits per heavy atom. The van der Waals surface area contributed by atoms with Gasteiger partial charge in [-0.05, 0) is 61.8 Å². The fraction of sp³-hybridized carbons (Fsp3) is 0.417. The van der Waals surface area contributed by atoms with Crippen LogP contribution in [-0.2, 0) is 19.3 Å². The molecular formula is C24H28F4. The molecule has 0 fully saturated rings. The van der Waals surface area contributed by atoms with E-state index in [9.17, 15) is 17.6 Å². The zero-order chi connectivity index (χ0) is 20.5.